The van der Waals surface area contributed by atoms with Crippen LogP contribution in [0.2, 0.25) is 0 Å². The third-order valence-electron chi connectivity index (χ3n) is 1.82. The van der Waals surface area contributed by atoms with Gasteiger partial charge in [0.15, 0.2) is 0 Å². The number of unbranched alkanes of at least 4 members (excludes halogenated alkanes) is 2. The molecule has 1 rings (SSSR count). The van der Waals surface area contributed by atoms with E-state index in [0.29, 0.717) is 6.61 Å². The van der Waals surface area contributed by atoms with E-state index in [0.717, 1.165) is 24.8 Å². The van der Waals surface area contributed by atoms with Gasteiger partial charge in [-0.3, -0.25) is 0 Å². The van der Waals surface area contributed by atoms with Crippen LogP contribution >= 0.6 is 0 Å². The predicted octanol–water partition coefficient (Wildman–Crippen LogP) is 2.05. The first-order valence-corrected chi connectivity index (χ1v) is 4.20. The van der Waals surface area contributed by atoms with E-state index in [1.807, 2.05) is 6.08 Å². The predicted molar refractivity (Wildman–Crippen MR) is 43.2 cm³/mol. The lowest BCUT2D eigenvalue weighted by Gasteiger charge is -1.91. The van der Waals surface area contributed by atoms with Crippen LogP contribution in [0.1, 0.15) is 32.6 Å². The molecule has 1 aliphatic heterocycles. The molecular formula is C9H14O2. The molecule has 11 heavy (non-hydrogen) atoms. The van der Waals surface area contributed by atoms with Gasteiger partial charge in [0.05, 0.1) is 6.61 Å². The molecule has 0 aliphatic carbocycles. The number of ether oxygens (including phenoxy) is 1. The Bertz CT molecular complexity index is 170. The minimum atomic E-state index is -0.110. The molecular weight excluding hydrogens is 140 g/mol. The van der Waals surface area contributed by atoms with E-state index in [-0.39, 0.29) is 5.97 Å². The fraction of sp³-hybridized carbons (Fsp3) is 0.667. The SMILES string of the molecule is CCCCC=C1CCOC1=O. The van der Waals surface area contributed by atoms with Gasteiger partial charge in [0.25, 0.3) is 0 Å². The molecule has 1 saturated heterocycles. The molecule has 1 aliphatic rings. The molecule has 0 aromatic carbocycles. The topological polar surface area (TPSA) is 26.3 Å². The molecule has 0 N–H and O–H groups in total. The van der Waals surface area contributed by atoms with Crippen molar-refractivity contribution in [1.82, 2.24) is 0 Å². The van der Waals surface area contributed by atoms with Gasteiger partial charge in [-0.15, -0.1) is 0 Å². The van der Waals surface area contributed by atoms with Crippen LogP contribution in [-0.4, -0.2) is 12.6 Å². The summed E-state index contributed by atoms with van der Waals surface area (Å²) in [6, 6.07) is 0. The van der Waals surface area contributed by atoms with Gasteiger partial charge in [-0.1, -0.05) is 25.8 Å². The Morgan fingerprint density at radius 1 is 1.64 bits per heavy atom. The highest BCUT2D eigenvalue weighted by molar-refractivity contribution is 5.90. The van der Waals surface area contributed by atoms with Crippen LogP contribution < -0.4 is 0 Å². The highest BCUT2D eigenvalue weighted by atomic mass is 16.5. The van der Waals surface area contributed by atoms with Gasteiger partial charge in [0.2, 0.25) is 0 Å². The van der Waals surface area contributed by atoms with E-state index >= 15 is 0 Å². The van der Waals surface area contributed by atoms with E-state index in [4.69, 9.17) is 4.74 Å². The lowest BCUT2D eigenvalue weighted by molar-refractivity contribution is -0.135. The summed E-state index contributed by atoms with van der Waals surface area (Å²) >= 11 is 0. The number of rotatable bonds is 3. The number of cyclic esters (lactones) is 1. The normalized spacial score (nSPS) is 20.8. The number of carbonyl (C=O) groups is 1. The average Bonchev–Trinajstić information content (AvgIpc) is 2.37. The Hall–Kier alpha value is -0.790. The molecule has 1 fully saturated rings. The second-order valence-corrected chi connectivity index (χ2v) is 2.76. The summed E-state index contributed by atoms with van der Waals surface area (Å²) in [4.78, 5) is 10.9. The molecule has 62 valence electrons. The molecule has 0 amide bonds. The van der Waals surface area contributed by atoms with Gasteiger partial charge < -0.3 is 4.74 Å². The molecule has 2 nitrogen and oxygen atoms in total. The quantitative estimate of drug-likeness (QED) is 0.353. The van der Waals surface area contributed by atoms with Crippen molar-refractivity contribution in [2.24, 2.45) is 0 Å². The zero-order valence-corrected chi connectivity index (χ0v) is 6.93. The summed E-state index contributed by atoms with van der Waals surface area (Å²) < 4.78 is 4.79. The van der Waals surface area contributed by atoms with Gasteiger partial charge in [-0.25, -0.2) is 4.79 Å². The fourth-order valence-corrected chi connectivity index (χ4v) is 1.11. The fourth-order valence-electron chi connectivity index (χ4n) is 1.11. The van der Waals surface area contributed by atoms with Crippen molar-refractivity contribution in [3.8, 4) is 0 Å². The Labute approximate surface area is 67.2 Å². The van der Waals surface area contributed by atoms with Crippen LogP contribution in [0.25, 0.3) is 0 Å². The van der Waals surface area contributed by atoms with Gasteiger partial charge in [0.1, 0.15) is 0 Å². The summed E-state index contributed by atoms with van der Waals surface area (Å²) in [6.45, 7) is 2.72. The lowest BCUT2D eigenvalue weighted by atomic mass is 10.1. The summed E-state index contributed by atoms with van der Waals surface area (Å²) in [7, 11) is 0. The van der Waals surface area contributed by atoms with Crippen LogP contribution in [0.4, 0.5) is 0 Å². The standard InChI is InChI=1S/C9H14O2/c1-2-3-4-5-8-6-7-11-9(8)10/h5H,2-4,6-7H2,1H3. The number of hydrogen-bond acceptors (Lipinski definition) is 2. The zero-order chi connectivity index (χ0) is 8.10. The van der Waals surface area contributed by atoms with Crippen LogP contribution in [0.15, 0.2) is 11.6 Å². The molecule has 0 aromatic rings. The molecule has 2 heteroatoms. The maximum Gasteiger partial charge on any atom is 0.333 e. The van der Waals surface area contributed by atoms with E-state index in [1.54, 1.807) is 0 Å². The van der Waals surface area contributed by atoms with E-state index in [1.165, 1.54) is 6.42 Å². The second kappa shape index (κ2) is 4.16. The van der Waals surface area contributed by atoms with Crippen molar-refractivity contribution in [2.45, 2.75) is 32.6 Å². The Kier molecular flexibility index (Phi) is 3.14. The first-order valence-electron chi connectivity index (χ1n) is 4.20. The minimum absolute atomic E-state index is 0.110. The Morgan fingerprint density at radius 3 is 3.00 bits per heavy atom. The van der Waals surface area contributed by atoms with E-state index in [2.05, 4.69) is 6.92 Å². The van der Waals surface area contributed by atoms with Crippen molar-refractivity contribution >= 4 is 5.97 Å². The summed E-state index contributed by atoms with van der Waals surface area (Å²) in [5, 5.41) is 0. The molecule has 0 radical (unpaired) electrons. The highest BCUT2D eigenvalue weighted by Crippen LogP contribution is 2.14. The first kappa shape index (κ1) is 8.31. The largest absolute Gasteiger partial charge is 0.462 e. The minimum Gasteiger partial charge on any atom is -0.462 e. The molecule has 0 aromatic heterocycles. The third kappa shape index (κ3) is 2.37. The monoisotopic (exact) mass is 154 g/mol. The zero-order valence-electron chi connectivity index (χ0n) is 6.93. The average molecular weight is 154 g/mol. The Balaban J connectivity index is 2.33. The number of hydrogen-bond donors (Lipinski definition) is 0. The number of carbonyl (C=O) groups excluding carboxylic acids is 1. The second-order valence-electron chi connectivity index (χ2n) is 2.76. The van der Waals surface area contributed by atoms with Crippen LogP contribution in [-0.2, 0) is 9.53 Å². The first-order chi connectivity index (χ1) is 5.34. The van der Waals surface area contributed by atoms with E-state index in [9.17, 15) is 4.79 Å². The van der Waals surface area contributed by atoms with Gasteiger partial charge >= 0.3 is 5.97 Å². The van der Waals surface area contributed by atoms with Crippen molar-refractivity contribution < 1.29 is 9.53 Å². The third-order valence-corrected chi connectivity index (χ3v) is 1.82. The van der Waals surface area contributed by atoms with Gasteiger partial charge in [-0.05, 0) is 6.42 Å². The molecule has 0 saturated carbocycles. The van der Waals surface area contributed by atoms with Crippen molar-refractivity contribution in [3.05, 3.63) is 11.6 Å². The molecule has 0 spiro atoms. The van der Waals surface area contributed by atoms with Crippen molar-refractivity contribution in [1.29, 1.82) is 0 Å². The van der Waals surface area contributed by atoms with Crippen LogP contribution in [0.5, 0.6) is 0 Å². The van der Waals surface area contributed by atoms with Gasteiger partial charge in [-0.2, -0.15) is 0 Å². The Morgan fingerprint density at radius 2 is 2.45 bits per heavy atom. The molecule has 0 bridgehead atoms. The summed E-state index contributed by atoms with van der Waals surface area (Å²) in [5.74, 6) is -0.110. The number of allylic oxidation sites excluding steroid dienone is 1. The van der Waals surface area contributed by atoms with E-state index < -0.39 is 0 Å². The van der Waals surface area contributed by atoms with Crippen molar-refractivity contribution in [2.75, 3.05) is 6.61 Å². The molecule has 0 atom stereocenters. The highest BCUT2D eigenvalue weighted by Gasteiger charge is 2.17. The summed E-state index contributed by atoms with van der Waals surface area (Å²) in [5.41, 5.74) is 0.874. The van der Waals surface area contributed by atoms with Crippen molar-refractivity contribution in [3.63, 3.8) is 0 Å². The lowest BCUT2D eigenvalue weighted by Crippen LogP contribution is -1.94. The van der Waals surface area contributed by atoms with Crippen LogP contribution in [0.3, 0.4) is 0 Å². The smallest absolute Gasteiger partial charge is 0.333 e. The van der Waals surface area contributed by atoms with Gasteiger partial charge in [0, 0.05) is 12.0 Å². The maximum atomic E-state index is 10.9. The number of esters is 1. The molecule has 1 heterocycles. The maximum absolute atomic E-state index is 10.9. The molecule has 0 unspecified atom stereocenters. The van der Waals surface area contributed by atoms with Crippen LogP contribution in [0, 0.1) is 0 Å². The summed E-state index contributed by atoms with van der Waals surface area (Å²) in [6.07, 6.45) is 6.18.